The number of carbonyl (C=O) groups is 2. The molecule has 0 atom stereocenters. The summed E-state index contributed by atoms with van der Waals surface area (Å²) in [5.41, 5.74) is 2.55. The number of aromatic nitrogens is 2. The number of anilines is 1. The fraction of sp³-hybridized carbons (Fsp3) is 0.240. The number of hydrogen-bond donors (Lipinski definition) is 1. The lowest BCUT2D eigenvalue weighted by atomic mass is 10.1. The molecule has 0 radical (unpaired) electrons. The van der Waals surface area contributed by atoms with Crippen LogP contribution in [0.3, 0.4) is 0 Å². The number of piperidine rings is 1. The first-order valence-corrected chi connectivity index (χ1v) is 14.0. The standard InChI is InChI=1S/C25H23ClN4O4S2/c1-16(31)30(15-17-5-7-18(8-6-17)29-13-3-2-4-24(29)32)36(33,34)19-9-10-20-21(14-19)28-25(27-20)22-11-12-23(26)35-22/h5-12,14H,2-4,13,15H2,1H3,(H,27,28). The van der Waals surface area contributed by atoms with Crippen molar-refractivity contribution in [2.75, 3.05) is 11.4 Å². The molecule has 1 N–H and O–H groups in total. The molecule has 1 fully saturated rings. The number of nitrogens with zero attached hydrogens (tertiary/aromatic N) is 3. The second kappa shape index (κ2) is 9.68. The van der Waals surface area contributed by atoms with Crippen molar-refractivity contribution in [1.82, 2.24) is 14.3 Å². The average Bonchev–Trinajstić information content (AvgIpc) is 3.48. The van der Waals surface area contributed by atoms with Gasteiger partial charge in [0, 0.05) is 25.6 Å². The van der Waals surface area contributed by atoms with Gasteiger partial charge in [0.15, 0.2) is 0 Å². The number of H-pyrrole nitrogens is 1. The maximum absolute atomic E-state index is 13.5. The van der Waals surface area contributed by atoms with Crippen LogP contribution in [0.5, 0.6) is 0 Å². The first-order valence-electron chi connectivity index (χ1n) is 11.4. The number of benzene rings is 2. The van der Waals surface area contributed by atoms with Gasteiger partial charge in [-0.25, -0.2) is 17.7 Å². The maximum atomic E-state index is 13.5. The Balaban J connectivity index is 1.40. The molecule has 3 heterocycles. The van der Waals surface area contributed by atoms with Gasteiger partial charge in [0.2, 0.25) is 11.8 Å². The molecule has 0 spiro atoms. The van der Waals surface area contributed by atoms with Crippen LogP contribution < -0.4 is 4.90 Å². The molecule has 4 aromatic rings. The summed E-state index contributed by atoms with van der Waals surface area (Å²) < 4.78 is 28.4. The van der Waals surface area contributed by atoms with E-state index in [2.05, 4.69) is 9.97 Å². The van der Waals surface area contributed by atoms with Crippen molar-refractivity contribution in [3.63, 3.8) is 0 Å². The smallest absolute Gasteiger partial charge is 0.266 e. The highest BCUT2D eigenvalue weighted by atomic mass is 35.5. The van der Waals surface area contributed by atoms with Crippen LogP contribution in [-0.4, -0.2) is 41.1 Å². The number of nitrogens with one attached hydrogen (secondary N) is 1. The lowest BCUT2D eigenvalue weighted by molar-refractivity contribution is -0.124. The number of aromatic amines is 1. The van der Waals surface area contributed by atoms with Crippen LogP contribution in [0.2, 0.25) is 4.34 Å². The summed E-state index contributed by atoms with van der Waals surface area (Å²) in [4.78, 5) is 34.8. The number of rotatable bonds is 6. The van der Waals surface area contributed by atoms with E-state index in [0.29, 0.717) is 39.7 Å². The number of fused-ring (bicyclic) bond motifs is 1. The van der Waals surface area contributed by atoms with Crippen LogP contribution in [0.25, 0.3) is 21.7 Å². The Kier molecular flexibility index (Phi) is 6.59. The van der Waals surface area contributed by atoms with Crippen molar-refractivity contribution in [3.05, 3.63) is 64.5 Å². The monoisotopic (exact) mass is 542 g/mol. The third-order valence-corrected chi connectivity index (χ3v) is 9.15. The Bertz CT molecular complexity index is 1560. The molecule has 36 heavy (non-hydrogen) atoms. The predicted molar refractivity (Wildman–Crippen MR) is 140 cm³/mol. The van der Waals surface area contributed by atoms with Gasteiger partial charge < -0.3 is 9.88 Å². The van der Waals surface area contributed by atoms with Crippen LogP contribution in [0.4, 0.5) is 5.69 Å². The van der Waals surface area contributed by atoms with E-state index in [0.717, 1.165) is 27.7 Å². The second-order valence-electron chi connectivity index (χ2n) is 8.57. The Labute approximate surface area is 217 Å². The molecule has 1 saturated heterocycles. The maximum Gasteiger partial charge on any atom is 0.266 e. The molecule has 1 aliphatic heterocycles. The molecule has 0 bridgehead atoms. The Morgan fingerprint density at radius 3 is 2.58 bits per heavy atom. The number of hydrogen-bond acceptors (Lipinski definition) is 6. The molecule has 186 valence electrons. The molecule has 2 aromatic carbocycles. The fourth-order valence-corrected chi connectivity index (χ4v) is 6.63. The highest BCUT2D eigenvalue weighted by molar-refractivity contribution is 7.89. The average molecular weight is 543 g/mol. The number of imidazole rings is 1. The van der Waals surface area contributed by atoms with Crippen LogP contribution in [-0.2, 0) is 26.2 Å². The highest BCUT2D eigenvalue weighted by Gasteiger charge is 2.28. The van der Waals surface area contributed by atoms with E-state index in [1.165, 1.54) is 30.4 Å². The van der Waals surface area contributed by atoms with Gasteiger partial charge in [-0.15, -0.1) is 11.3 Å². The van der Waals surface area contributed by atoms with E-state index >= 15 is 0 Å². The molecule has 0 unspecified atom stereocenters. The third-order valence-electron chi connectivity index (χ3n) is 6.10. The summed E-state index contributed by atoms with van der Waals surface area (Å²) >= 11 is 7.39. The zero-order valence-electron chi connectivity index (χ0n) is 19.4. The Morgan fingerprint density at radius 2 is 1.92 bits per heavy atom. The molecule has 0 saturated carbocycles. The van der Waals surface area contributed by atoms with Crippen LogP contribution in [0, 0.1) is 0 Å². The van der Waals surface area contributed by atoms with Gasteiger partial charge in [-0.3, -0.25) is 9.59 Å². The van der Waals surface area contributed by atoms with Gasteiger partial charge in [-0.1, -0.05) is 23.7 Å². The van der Waals surface area contributed by atoms with Crippen LogP contribution >= 0.6 is 22.9 Å². The van der Waals surface area contributed by atoms with Gasteiger partial charge >= 0.3 is 0 Å². The summed E-state index contributed by atoms with van der Waals surface area (Å²) in [5, 5.41) is 0. The Morgan fingerprint density at radius 1 is 1.14 bits per heavy atom. The van der Waals surface area contributed by atoms with Crippen LogP contribution in [0.15, 0.2) is 59.5 Å². The molecule has 5 rings (SSSR count). The topological polar surface area (TPSA) is 103 Å². The van der Waals surface area contributed by atoms with E-state index in [4.69, 9.17) is 11.6 Å². The molecule has 2 amide bonds. The minimum absolute atomic E-state index is 0.0138. The van der Waals surface area contributed by atoms with E-state index in [-0.39, 0.29) is 17.3 Å². The minimum atomic E-state index is -4.13. The second-order valence-corrected chi connectivity index (χ2v) is 12.1. The van der Waals surface area contributed by atoms with Gasteiger partial charge in [-0.2, -0.15) is 0 Å². The number of amides is 2. The fourth-order valence-electron chi connectivity index (χ4n) is 4.23. The molecular weight excluding hydrogens is 520 g/mol. The lowest BCUT2D eigenvalue weighted by Gasteiger charge is -2.27. The van der Waals surface area contributed by atoms with E-state index < -0.39 is 15.9 Å². The summed E-state index contributed by atoms with van der Waals surface area (Å²) in [7, 11) is -4.13. The Hall–Kier alpha value is -3.21. The van der Waals surface area contributed by atoms with Crippen molar-refractivity contribution >= 4 is 61.5 Å². The van der Waals surface area contributed by atoms with Crippen LogP contribution in [0.1, 0.15) is 31.7 Å². The van der Waals surface area contributed by atoms with E-state index in [1.54, 1.807) is 41.3 Å². The first-order chi connectivity index (χ1) is 17.2. The van der Waals surface area contributed by atoms with Gasteiger partial charge in [-0.05, 0) is 60.9 Å². The van der Waals surface area contributed by atoms with Gasteiger partial charge in [0.1, 0.15) is 5.82 Å². The predicted octanol–water partition coefficient (Wildman–Crippen LogP) is 5.20. The number of sulfonamides is 1. The van der Waals surface area contributed by atoms with Crippen molar-refractivity contribution in [3.8, 4) is 10.7 Å². The lowest BCUT2D eigenvalue weighted by Crippen LogP contribution is -2.35. The number of halogens is 1. The van der Waals surface area contributed by atoms with Crippen molar-refractivity contribution in [1.29, 1.82) is 0 Å². The van der Waals surface area contributed by atoms with E-state index in [1.807, 2.05) is 6.07 Å². The summed E-state index contributed by atoms with van der Waals surface area (Å²) in [6, 6.07) is 15.2. The molecule has 1 aliphatic rings. The zero-order chi connectivity index (χ0) is 25.4. The summed E-state index contributed by atoms with van der Waals surface area (Å²) in [5.74, 6) is 0.0810. The van der Waals surface area contributed by atoms with E-state index in [9.17, 15) is 18.0 Å². The first kappa shape index (κ1) is 24.5. The highest BCUT2D eigenvalue weighted by Crippen LogP contribution is 2.31. The van der Waals surface area contributed by atoms with Crippen molar-refractivity contribution < 1.29 is 18.0 Å². The van der Waals surface area contributed by atoms with Gasteiger partial charge in [0.25, 0.3) is 10.0 Å². The largest absolute Gasteiger partial charge is 0.337 e. The molecule has 8 nitrogen and oxygen atoms in total. The van der Waals surface area contributed by atoms with Gasteiger partial charge in [0.05, 0.1) is 31.7 Å². The summed E-state index contributed by atoms with van der Waals surface area (Å²) in [6.45, 7) is 1.78. The van der Waals surface area contributed by atoms with Crippen molar-refractivity contribution in [2.45, 2.75) is 37.6 Å². The molecular formula is C25H23ClN4O4S2. The summed E-state index contributed by atoms with van der Waals surface area (Å²) in [6.07, 6.45) is 2.38. The number of carbonyl (C=O) groups excluding carboxylic acids is 2. The molecule has 2 aromatic heterocycles. The normalized spacial score (nSPS) is 14.4. The number of thiophene rings is 1. The zero-order valence-corrected chi connectivity index (χ0v) is 21.8. The SMILES string of the molecule is CC(=O)N(Cc1ccc(N2CCCCC2=O)cc1)S(=O)(=O)c1ccc2nc(-c3ccc(Cl)s3)[nH]c2c1. The minimum Gasteiger partial charge on any atom is -0.337 e. The van der Waals surface area contributed by atoms with Crippen molar-refractivity contribution in [2.24, 2.45) is 0 Å². The quantitative estimate of drug-likeness (QED) is 0.361. The molecule has 0 aliphatic carbocycles. The molecule has 11 heteroatoms. The third kappa shape index (κ3) is 4.76.